The number of nitrogens with zero attached hydrogens (tertiary/aromatic N) is 2. The van der Waals surface area contributed by atoms with E-state index in [4.69, 9.17) is 4.74 Å². The molecule has 1 N–H and O–H groups in total. The second kappa shape index (κ2) is 6.27. The number of hydrogen-bond acceptors (Lipinski definition) is 6. The van der Waals surface area contributed by atoms with Crippen molar-refractivity contribution in [2.75, 3.05) is 13.1 Å². The van der Waals surface area contributed by atoms with Crippen LogP contribution in [0.2, 0.25) is 0 Å². The molecule has 0 radical (unpaired) electrons. The highest BCUT2D eigenvalue weighted by Gasteiger charge is 2.45. The Morgan fingerprint density at radius 1 is 1.17 bits per heavy atom. The van der Waals surface area contributed by atoms with Crippen molar-refractivity contribution in [1.82, 2.24) is 9.96 Å². The number of Topliss-reactive ketones (excluding diaryl/α,β-unsaturated/α-hetero) is 1. The third-order valence-corrected chi connectivity index (χ3v) is 4.01. The number of hydroxylamine groups is 2. The van der Waals surface area contributed by atoms with Gasteiger partial charge in [0.2, 0.25) is 0 Å². The van der Waals surface area contributed by atoms with Gasteiger partial charge >= 0.3 is 6.09 Å². The third-order valence-electron chi connectivity index (χ3n) is 4.01. The van der Waals surface area contributed by atoms with E-state index in [-0.39, 0.29) is 23.2 Å². The Bertz CT molecular complexity index is 531. The molecule has 1 atom stereocenters. The first-order chi connectivity index (χ1) is 10.6. The minimum atomic E-state index is -1.09. The first-order valence-corrected chi connectivity index (χ1v) is 7.67. The van der Waals surface area contributed by atoms with E-state index in [1.54, 1.807) is 20.8 Å². The molecule has 8 heteroatoms. The molecule has 2 heterocycles. The standard InChI is InChI=1S/C15H22N2O6/c1-15(2,3)23-14(21)16-6-4-9(5-7-16)12(19)10-8-11(18)17(22)13(10)20/h9-10,22H,4-8H2,1-3H3. The first-order valence-electron chi connectivity index (χ1n) is 7.67. The maximum Gasteiger partial charge on any atom is 0.410 e. The highest BCUT2D eigenvalue weighted by Crippen LogP contribution is 2.28. The van der Waals surface area contributed by atoms with Crippen LogP contribution in [0.5, 0.6) is 0 Å². The molecule has 0 aromatic carbocycles. The van der Waals surface area contributed by atoms with Gasteiger partial charge in [-0.2, -0.15) is 5.06 Å². The van der Waals surface area contributed by atoms with E-state index in [0.717, 1.165) is 0 Å². The summed E-state index contributed by atoms with van der Waals surface area (Å²) >= 11 is 0. The number of carbonyl (C=O) groups is 4. The van der Waals surface area contributed by atoms with Crippen molar-refractivity contribution in [3.8, 4) is 0 Å². The van der Waals surface area contributed by atoms with Crippen LogP contribution in [0.3, 0.4) is 0 Å². The van der Waals surface area contributed by atoms with Crippen LogP contribution in [0.25, 0.3) is 0 Å². The van der Waals surface area contributed by atoms with Crippen LogP contribution in [0.4, 0.5) is 4.79 Å². The van der Waals surface area contributed by atoms with E-state index in [0.29, 0.717) is 25.9 Å². The largest absolute Gasteiger partial charge is 0.444 e. The van der Waals surface area contributed by atoms with Gasteiger partial charge in [0, 0.05) is 25.4 Å². The van der Waals surface area contributed by atoms with Gasteiger partial charge in [-0.05, 0) is 33.6 Å². The average Bonchev–Trinajstić information content (AvgIpc) is 2.72. The van der Waals surface area contributed by atoms with E-state index in [1.807, 2.05) is 0 Å². The fourth-order valence-electron chi connectivity index (χ4n) is 2.80. The number of amides is 3. The van der Waals surface area contributed by atoms with Crippen LogP contribution < -0.4 is 0 Å². The molecule has 2 aliphatic rings. The average molecular weight is 326 g/mol. The molecule has 0 aromatic heterocycles. The van der Waals surface area contributed by atoms with Gasteiger partial charge in [0.05, 0.1) is 0 Å². The summed E-state index contributed by atoms with van der Waals surface area (Å²) in [7, 11) is 0. The molecule has 2 fully saturated rings. The van der Waals surface area contributed by atoms with Gasteiger partial charge in [0.15, 0.2) is 0 Å². The minimum Gasteiger partial charge on any atom is -0.444 e. The van der Waals surface area contributed by atoms with Crippen LogP contribution >= 0.6 is 0 Å². The molecular formula is C15H22N2O6. The number of piperidine rings is 1. The smallest absolute Gasteiger partial charge is 0.410 e. The Labute approximate surface area is 134 Å². The Morgan fingerprint density at radius 3 is 2.17 bits per heavy atom. The van der Waals surface area contributed by atoms with E-state index in [9.17, 15) is 24.4 Å². The molecule has 2 aliphatic heterocycles. The minimum absolute atomic E-state index is 0.0262. The van der Waals surface area contributed by atoms with Crippen molar-refractivity contribution < 1.29 is 29.1 Å². The lowest BCUT2D eigenvalue weighted by Crippen LogP contribution is -2.44. The highest BCUT2D eigenvalue weighted by atomic mass is 16.6. The van der Waals surface area contributed by atoms with Crippen molar-refractivity contribution in [1.29, 1.82) is 0 Å². The molecule has 0 saturated carbocycles. The van der Waals surface area contributed by atoms with E-state index in [1.165, 1.54) is 4.90 Å². The molecule has 8 nitrogen and oxygen atoms in total. The topological polar surface area (TPSA) is 104 Å². The summed E-state index contributed by atoms with van der Waals surface area (Å²) in [5, 5.41) is 9.25. The van der Waals surface area contributed by atoms with Crippen LogP contribution in [0.15, 0.2) is 0 Å². The van der Waals surface area contributed by atoms with E-state index >= 15 is 0 Å². The fraction of sp³-hybridized carbons (Fsp3) is 0.733. The predicted molar refractivity (Wildman–Crippen MR) is 77.3 cm³/mol. The van der Waals surface area contributed by atoms with Gasteiger partial charge in [-0.15, -0.1) is 0 Å². The van der Waals surface area contributed by atoms with Gasteiger partial charge in [0.1, 0.15) is 17.3 Å². The second-order valence-corrected chi connectivity index (χ2v) is 6.94. The molecular weight excluding hydrogens is 304 g/mol. The van der Waals surface area contributed by atoms with E-state index in [2.05, 4.69) is 0 Å². The number of carbonyl (C=O) groups excluding carboxylic acids is 4. The zero-order chi connectivity index (χ0) is 17.4. The van der Waals surface area contributed by atoms with Crippen molar-refractivity contribution in [2.24, 2.45) is 11.8 Å². The summed E-state index contributed by atoms with van der Waals surface area (Å²) in [5.41, 5.74) is -0.578. The number of rotatable bonds is 2. The first kappa shape index (κ1) is 17.4. The summed E-state index contributed by atoms with van der Waals surface area (Å²) in [6.07, 6.45) is 0.140. The second-order valence-electron chi connectivity index (χ2n) is 6.94. The SMILES string of the molecule is CC(C)(C)OC(=O)N1CCC(C(=O)C2CC(=O)N(O)C2=O)CC1. The van der Waals surface area contributed by atoms with Crippen molar-refractivity contribution >= 4 is 23.7 Å². The Morgan fingerprint density at radius 2 is 1.74 bits per heavy atom. The number of imide groups is 1. The lowest BCUT2D eigenvalue weighted by atomic mass is 9.85. The molecule has 0 aromatic rings. The number of hydrogen-bond donors (Lipinski definition) is 1. The summed E-state index contributed by atoms with van der Waals surface area (Å²) in [4.78, 5) is 48.8. The molecule has 0 aliphatic carbocycles. The monoisotopic (exact) mass is 326 g/mol. The molecule has 2 rings (SSSR count). The maximum atomic E-state index is 12.4. The van der Waals surface area contributed by atoms with Gasteiger partial charge < -0.3 is 9.64 Å². The van der Waals surface area contributed by atoms with Gasteiger partial charge in [-0.3, -0.25) is 19.6 Å². The fourth-order valence-corrected chi connectivity index (χ4v) is 2.80. The lowest BCUT2D eigenvalue weighted by Gasteiger charge is -2.33. The molecule has 1 unspecified atom stereocenters. The lowest BCUT2D eigenvalue weighted by molar-refractivity contribution is -0.172. The van der Waals surface area contributed by atoms with E-state index < -0.39 is 29.4 Å². The van der Waals surface area contributed by atoms with Gasteiger partial charge in [0.25, 0.3) is 11.8 Å². The molecule has 0 bridgehead atoms. The molecule has 128 valence electrons. The van der Waals surface area contributed by atoms with Crippen LogP contribution in [0.1, 0.15) is 40.0 Å². The van der Waals surface area contributed by atoms with Crippen LogP contribution in [-0.4, -0.2) is 57.6 Å². The van der Waals surface area contributed by atoms with Crippen molar-refractivity contribution in [2.45, 2.75) is 45.6 Å². The molecule has 2 saturated heterocycles. The quantitative estimate of drug-likeness (QED) is 0.460. The Balaban J connectivity index is 1.89. The number of ketones is 1. The summed E-state index contributed by atoms with van der Waals surface area (Å²) < 4.78 is 5.28. The molecule has 0 spiro atoms. The molecule has 3 amide bonds. The van der Waals surface area contributed by atoms with Crippen LogP contribution in [-0.2, 0) is 19.1 Å². The molecule has 23 heavy (non-hydrogen) atoms. The third kappa shape index (κ3) is 3.87. The predicted octanol–water partition coefficient (Wildman–Crippen LogP) is 0.967. The van der Waals surface area contributed by atoms with Crippen molar-refractivity contribution in [3.63, 3.8) is 0 Å². The normalized spacial score (nSPS) is 23.4. The zero-order valence-electron chi connectivity index (χ0n) is 13.6. The summed E-state index contributed by atoms with van der Waals surface area (Å²) in [6, 6.07) is 0. The summed E-state index contributed by atoms with van der Waals surface area (Å²) in [6.45, 7) is 6.08. The maximum absolute atomic E-state index is 12.4. The Hall–Kier alpha value is -1.96. The zero-order valence-corrected chi connectivity index (χ0v) is 13.6. The summed E-state index contributed by atoms with van der Waals surface area (Å²) in [5.74, 6) is -3.41. The van der Waals surface area contributed by atoms with Crippen molar-refractivity contribution in [3.05, 3.63) is 0 Å². The number of likely N-dealkylation sites (tertiary alicyclic amines) is 1. The van der Waals surface area contributed by atoms with Gasteiger partial charge in [-0.1, -0.05) is 0 Å². The van der Waals surface area contributed by atoms with Gasteiger partial charge in [-0.25, -0.2) is 4.79 Å². The number of ether oxygens (including phenoxy) is 1. The highest BCUT2D eigenvalue weighted by molar-refractivity contribution is 6.13. The van der Waals surface area contributed by atoms with Crippen LogP contribution in [0, 0.1) is 11.8 Å². The Kier molecular flexibility index (Phi) is 4.74.